The molecule has 9 heteroatoms. The van der Waals surface area contributed by atoms with Gasteiger partial charge in [-0.05, 0) is 36.3 Å². The average molecular weight is 408 g/mol. The fourth-order valence-electron chi connectivity index (χ4n) is 3.11. The number of aryl methyl sites for hydroxylation is 1. The van der Waals surface area contributed by atoms with Gasteiger partial charge >= 0.3 is 6.03 Å². The third kappa shape index (κ3) is 3.90. The molecular formula is C21H20N4O5. The van der Waals surface area contributed by atoms with Crippen LogP contribution in [-0.4, -0.2) is 36.9 Å². The molecule has 0 saturated carbocycles. The molecule has 0 radical (unpaired) electrons. The van der Waals surface area contributed by atoms with Crippen LogP contribution >= 0.6 is 0 Å². The molecule has 0 unspecified atom stereocenters. The quantitative estimate of drug-likeness (QED) is 0.352. The molecule has 9 nitrogen and oxygen atoms in total. The van der Waals surface area contributed by atoms with Gasteiger partial charge in [-0.1, -0.05) is 19.1 Å². The smallest absolute Gasteiger partial charge is 0.335 e. The SMILES string of the molecule is CCc1ccc(N2C(=O)NC(=O)/C(=C/c3cc([N+](=O)[O-])ccc3N(C)C)C2=O)cc1. The summed E-state index contributed by atoms with van der Waals surface area (Å²) < 4.78 is 0. The monoisotopic (exact) mass is 408 g/mol. The number of carbonyl (C=O) groups is 3. The fourth-order valence-corrected chi connectivity index (χ4v) is 3.11. The fraction of sp³-hybridized carbons (Fsp3) is 0.190. The van der Waals surface area contributed by atoms with Gasteiger partial charge in [0.25, 0.3) is 17.5 Å². The number of hydrogen-bond acceptors (Lipinski definition) is 6. The number of rotatable bonds is 5. The van der Waals surface area contributed by atoms with E-state index in [4.69, 9.17) is 0 Å². The van der Waals surface area contributed by atoms with E-state index in [1.54, 1.807) is 43.3 Å². The summed E-state index contributed by atoms with van der Waals surface area (Å²) in [5.74, 6) is -1.66. The highest BCUT2D eigenvalue weighted by Crippen LogP contribution is 2.28. The minimum atomic E-state index is -0.859. The number of nitrogens with one attached hydrogen (secondary N) is 1. The Hall–Kier alpha value is -4.01. The van der Waals surface area contributed by atoms with Crippen molar-refractivity contribution in [3.8, 4) is 0 Å². The first-order valence-corrected chi connectivity index (χ1v) is 9.19. The van der Waals surface area contributed by atoms with Gasteiger partial charge in [-0.25, -0.2) is 9.69 Å². The van der Waals surface area contributed by atoms with Crippen LogP contribution in [0, 0.1) is 10.1 Å². The molecule has 2 aromatic rings. The van der Waals surface area contributed by atoms with E-state index in [0.29, 0.717) is 16.9 Å². The number of urea groups is 1. The van der Waals surface area contributed by atoms with Gasteiger partial charge in [-0.15, -0.1) is 0 Å². The first kappa shape index (κ1) is 20.7. The lowest BCUT2D eigenvalue weighted by Gasteiger charge is -2.26. The Morgan fingerprint density at radius 1 is 1.10 bits per heavy atom. The first-order valence-electron chi connectivity index (χ1n) is 9.19. The van der Waals surface area contributed by atoms with Crippen molar-refractivity contribution in [3.63, 3.8) is 0 Å². The molecule has 0 aliphatic carbocycles. The third-order valence-electron chi connectivity index (χ3n) is 4.71. The van der Waals surface area contributed by atoms with Crippen LogP contribution in [0.25, 0.3) is 6.08 Å². The summed E-state index contributed by atoms with van der Waals surface area (Å²) in [6.07, 6.45) is 2.06. The predicted octanol–water partition coefficient (Wildman–Crippen LogP) is 2.89. The van der Waals surface area contributed by atoms with Crippen molar-refractivity contribution in [2.24, 2.45) is 0 Å². The number of nitro benzene ring substituents is 1. The molecule has 1 N–H and O–H groups in total. The van der Waals surface area contributed by atoms with E-state index >= 15 is 0 Å². The van der Waals surface area contributed by atoms with Crippen molar-refractivity contribution < 1.29 is 19.3 Å². The maximum absolute atomic E-state index is 13.0. The lowest BCUT2D eigenvalue weighted by molar-refractivity contribution is -0.384. The first-order chi connectivity index (χ1) is 14.2. The van der Waals surface area contributed by atoms with Crippen molar-refractivity contribution in [2.45, 2.75) is 13.3 Å². The highest BCUT2D eigenvalue weighted by molar-refractivity contribution is 6.39. The number of carbonyl (C=O) groups excluding carboxylic acids is 3. The topological polar surface area (TPSA) is 113 Å². The predicted molar refractivity (Wildman–Crippen MR) is 112 cm³/mol. The third-order valence-corrected chi connectivity index (χ3v) is 4.71. The summed E-state index contributed by atoms with van der Waals surface area (Å²) in [6.45, 7) is 1.98. The van der Waals surface area contributed by atoms with Crippen LogP contribution in [0.3, 0.4) is 0 Å². The van der Waals surface area contributed by atoms with Gasteiger partial charge in [0.2, 0.25) is 0 Å². The summed E-state index contributed by atoms with van der Waals surface area (Å²) in [5.41, 5.74) is 1.76. The van der Waals surface area contributed by atoms with Gasteiger partial charge in [-0.3, -0.25) is 25.0 Å². The Bertz CT molecular complexity index is 1070. The lowest BCUT2D eigenvalue weighted by Crippen LogP contribution is -2.54. The zero-order valence-corrected chi connectivity index (χ0v) is 16.7. The molecule has 4 amide bonds. The molecule has 30 heavy (non-hydrogen) atoms. The normalized spacial score (nSPS) is 15.4. The van der Waals surface area contributed by atoms with Crippen molar-refractivity contribution in [1.82, 2.24) is 5.32 Å². The van der Waals surface area contributed by atoms with Crippen LogP contribution in [0.5, 0.6) is 0 Å². The van der Waals surface area contributed by atoms with Gasteiger partial charge in [0.15, 0.2) is 0 Å². The maximum atomic E-state index is 13.0. The van der Waals surface area contributed by atoms with E-state index in [9.17, 15) is 24.5 Å². The highest BCUT2D eigenvalue weighted by Gasteiger charge is 2.37. The van der Waals surface area contributed by atoms with Crippen LogP contribution in [0.4, 0.5) is 21.9 Å². The molecule has 3 rings (SSSR count). The van der Waals surface area contributed by atoms with Crippen LogP contribution in [0.2, 0.25) is 0 Å². The van der Waals surface area contributed by atoms with E-state index in [1.807, 2.05) is 6.92 Å². The Morgan fingerprint density at radius 2 is 1.77 bits per heavy atom. The Morgan fingerprint density at radius 3 is 2.33 bits per heavy atom. The average Bonchev–Trinajstić information content (AvgIpc) is 2.71. The Labute approximate surface area is 172 Å². The number of nitro groups is 1. The number of non-ortho nitro benzene ring substituents is 1. The summed E-state index contributed by atoms with van der Waals surface area (Å²) >= 11 is 0. The molecule has 2 aromatic carbocycles. The minimum absolute atomic E-state index is 0.181. The van der Waals surface area contributed by atoms with Crippen LogP contribution in [0.1, 0.15) is 18.1 Å². The molecule has 154 valence electrons. The molecule has 1 heterocycles. The van der Waals surface area contributed by atoms with Crippen LogP contribution < -0.4 is 15.1 Å². The van der Waals surface area contributed by atoms with Gasteiger partial charge in [-0.2, -0.15) is 0 Å². The second-order valence-electron chi connectivity index (χ2n) is 6.87. The number of nitrogens with zero attached hydrogens (tertiary/aromatic N) is 3. The molecule has 1 aliphatic rings. The number of benzene rings is 2. The van der Waals surface area contributed by atoms with Crippen LogP contribution in [-0.2, 0) is 16.0 Å². The van der Waals surface area contributed by atoms with E-state index in [1.165, 1.54) is 24.3 Å². The molecule has 1 aliphatic heterocycles. The Balaban J connectivity index is 2.08. The molecule has 0 atom stereocenters. The van der Waals surface area contributed by atoms with Gasteiger partial charge < -0.3 is 4.90 Å². The van der Waals surface area contributed by atoms with E-state index in [-0.39, 0.29) is 11.3 Å². The molecule has 0 aromatic heterocycles. The molecule has 0 spiro atoms. The van der Waals surface area contributed by atoms with Gasteiger partial charge in [0.05, 0.1) is 10.6 Å². The standard InChI is InChI=1S/C21H20N4O5/c1-4-13-5-7-15(8-6-13)24-20(27)17(19(26)22-21(24)28)12-14-11-16(25(29)30)9-10-18(14)23(2)3/h5-12H,4H2,1-3H3,(H,22,26,28)/b17-12-. The maximum Gasteiger partial charge on any atom is 0.335 e. The molecule has 1 fully saturated rings. The number of barbiturate groups is 1. The second kappa shape index (κ2) is 8.16. The van der Waals surface area contributed by atoms with E-state index < -0.39 is 22.8 Å². The lowest BCUT2D eigenvalue weighted by atomic mass is 10.0. The summed E-state index contributed by atoms with van der Waals surface area (Å²) in [7, 11) is 3.47. The number of imide groups is 2. The van der Waals surface area contributed by atoms with Crippen molar-refractivity contribution in [3.05, 3.63) is 69.3 Å². The van der Waals surface area contributed by atoms with Crippen molar-refractivity contribution >= 4 is 41.0 Å². The zero-order chi connectivity index (χ0) is 22.0. The summed E-state index contributed by atoms with van der Waals surface area (Å²) in [4.78, 5) is 50.9. The summed E-state index contributed by atoms with van der Waals surface area (Å²) in [6, 6.07) is 10.1. The van der Waals surface area contributed by atoms with Gasteiger partial charge in [0.1, 0.15) is 5.57 Å². The zero-order valence-electron chi connectivity index (χ0n) is 16.7. The van der Waals surface area contributed by atoms with Crippen molar-refractivity contribution in [2.75, 3.05) is 23.9 Å². The second-order valence-corrected chi connectivity index (χ2v) is 6.87. The number of hydrogen-bond donors (Lipinski definition) is 1. The number of amides is 4. The van der Waals surface area contributed by atoms with Gasteiger partial charge in [0, 0.05) is 37.5 Å². The van der Waals surface area contributed by atoms with Crippen LogP contribution in [0.15, 0.2) is 48.0 Å². The van der Waals surface area contributed by atoms with E-state index in [2.05, 4.69) is 5.32 Å². The molecular weight excluding hydrogens is 388 g/mol. The minimum Gasteiger partial charge on any atom is -0.377 e. The number of anilines is 2. The Kier molecular flexibility index (Phi) is 5.63. The summed E-state index contributed by atoms with van der Waals surface area (Å²) in [5, 5.41) is 13.3. The molecule has 0 bridgehead atoms. The molecule has 1 saturated heterocycles. The highest BCUT2D eigenvalue weighted by atomic mass is 16.6. The largest absolute Gasteiger partial charge is 0.377 e. The van der Waals surface area contributed by atoms with E-state index in [0.717, 1.165) is 16.9 Å². The van der Waals surface area contributed by atoms with Crippen molar-refractivity contribution in [1.29, 1.82) is 0 Å².